The average molecular weight is 287 g/mol. The molecule has 0 unspecified atom stereocenters. The van der Waals surface area contributed by atoms with Gasteiger partial charge in [-0.1, -0.05) is 12.2 Å². The van der Waals surface area contributed by atoms with Crippen LogP contribution in [0.5, 0.6) is 11.5 Å². The highest BCUT2D eigenvalue weighted by molar-refractivity contribution is 5.81. The quantitative estimate of drug-likeness (QED) is 0.857. The van der Waals surface area contributed by atoms with Gasteiger partial charge in [-0.05, 0) is 19.9 Å². The molecule has 2 aromatic rings. The van der Waals surface area contributed by atoms with Gasteiger partial charge in [-0.3, -0.25) is 0 Å². The summed E-state index contributed by atoms with van der Waals surface area (Å²) in [6.07, 6.45) is 1.79. The molecule has 0 spiro atoms. The van der Waals surface area contributed by atoms with Gasteiger partial charge in [0.25, 0.3) is 0 Å². The Labute approximate surface area is 124 Å². The van der Waals surface area contributed by atoms with Crippen LogP contribution in [0.3, 0.4) is 0 Å². The second-order valence-electron chi connectivity index (χ2n) is 5.45. The molecular weight excluding hydrogens is 266 g/mol. The van der Waals surface area contributed by atoms with Crippen LogP contribution in [0, 0.1) is 0 Å². The van der Waals surface area contributed by atoms with Crippen molar-refractivity contribution in [3.05, 3.63) is 30.1 Å². The van der Waals surface area contributed by atoms with Crippen molar-refractivity contribution in [2.24, 2.45) is 5.73 Å². The number of benzene rings is 1. The molecule has 5 nitrogen and oxygen atoms in total. The third-order valence-corrected chi connectivity index (χ3v) is 3.52. The van der Waals surface area contributed by atoms with E-state index >= 15 is 0 Å². The summed E-state index contributed by atoms with van der Waals surface area (Å²) in [6.45, 7) is 8.65. The highest BCUT2D eigenvalue weighted by atomic mass is 16.6. The lowest BCUT2D eigenvalue weighted by Gasteiger charge is -2.18. The molecule has 1 aliphatic heterocycles. The van der Waals surface area contributed by atoms with Crippen molar-refractivity contribution in [1.82, 2.24) is 9.55 Å². The van der Waals surface area contributed by atoms with Gasteiger partial charge in [-0.2, -0.15) is 0 Å². The Balaban J connectivity index is 2.10. The molecule has 1 aliphatic rings. The zero-order valence-corrected chi connectivity index (χ0v) is 12.4. The Morgan fingerprint density at radius 3 is 2.71 bits per heavy atom. The van der Waals surface area contributed by atoms with Crippen LogP contribution in [-0.2, 0) is 13.0 Å². The smallest absolute Gasteiger partial charge is 0.163 e. The van der Waals surface area contributed by atoms with E-state index in [0.717, 1.165) is 53.3 Å². The monoisotopic (exact) mass is 287 g/mol. The molecule has 0 radical (unpaired) electrons. The minimum Gasteiger partial charge on any atom is -0.486 e. The summed E-state index contributed by atoms with van der Waals surface area (Å²) in [5.74, 6) is 2.61. The van der Waals surface area contributed by atoms with Gasteiger partial charge in [-0.25, -0.2) is 4.98 Å². The van der Waals surface area contributed by atoms with E-state index in [4.69, 9.17) is 20.2 Å². The van der Waals surface area contributed by atoms with Crippen LogP contribution in [0.2, 0.25) is 0 Å². The number of rotatable bonds is 5. The largest absolute Gasteiger partial charge is 0.486 e. The van der Waals surface area contributed by atoms with Crippen LogP contribution >= 0.6 is 0 Å². The number of nitrogens with two attached hydrogens (primary N) is 1. The molecule has 0 saturated heterocycles. The van der Waals surface area contributed by atoms with Gasteiger partial charge in [0.1, 0.15) is 19.0 Å². The normalized spacial score (nSPS) is 13.6. The number of imidazole rings is 1. The van der Waals surface area contributed by atoms with Crippen LogP contribution in [-0.4, -0.2) is 29.3 Å². The van der Waals surface area contributed by atoms with Crippen LogP contribution in [0.4, 0.5) is 0 Å². The average Bonchev–Trinajstić information content (AvgIpc) is 2.79. The van der Waals surface area contributed by atoms with Gasteiger partial charge in [0, 0.05) is 25.1 Å². The molecule has 0 fully saturated rings. The van der Waals surface area contributed by atoms with E-state index in [1.165, 1.54) is 0 Å². The van der Waals surface area contributed by atoms with Crippen LogP contribution in [0.1, 0.15) is 19.2 Å². The first-order valence-electron chi connectivity index (χ1n) is 7.32. The van der Waals surface area contributed by atoms with Gasteiger partial charge in [0.05, 0.1) is 11.0 Å². The molecule has 0 aliphatic carbocycles. The molecule has 5 heteroatoms. The van der Waals surface area contributed by atoms with Crippen molar-refractivity contribution < 1.29 is 9.47 Å². The highest BCUT2D eigenvalue weighted by Gasteiger charge is 2.17. The standard InChI is InChI=1S/C16H21N3O2/c1-11(2)10-19-13-9-15-14(20-6-7-21-15)8-12(13)18-16(19)4-3-5-17/h8-9H,1,3-7,10,17H2,2H3. The lowest BCUT2D eigenvalue weighted by Crippen LogP contribution is -2.15. The third-order valence-electron chi connectivity index (χ3n) is 3.52. The molecule has 0 atom stereocenters. The van der Waals surface area contributed by atoms with Gasteiger partial charge in [-0.15, -0.1) is 0 Å². The zero-order chi connectivity index (χ0) is 14.8. The summed E-state index contributed by atoms with van der Waals surface area (Å²) in [5, 5.41) is 0. The Kier molecular flexibility index (Phi) is 3.84. The van der Waals surface area contributed by atoms with Crippen LogP contribution < -0.4 is 15.2 Å². The van der Waals surface area contributed by atoms with E-state index in [2.05, 4.69) is 11.1 Å². The number of aromatic nitrogens is 2. The van der Waals surface area contributed by atoms with Crippen LogP contribution in [0.25, 0.3) is 11.0 Å². The summed E-state index contributed by atoms with van der Waals surface area (Å²) in [7, 11) is 0. The fourth-order valence-electron chi connectivity index (χ4n) is 2.61. The predicted molar refractivity (Wildman–Crippen MR) is 82.9 cm³/mol. The lowest BCUT2D eigenvalue weighted by atomic mass is 10.2. The van der Waals surface area contributed by atoms with Gasteiger partial charge in [0.2, 0.25) is 0 Å². The van der Waals surface area contributed by atoms with Gasteiger partial charge in [0.15, 0.2) is 11.5 Å². The first kappa shape index (κ1) is 13.9. The molecule has 0 saturated carbocycles. The highest BCUT2D eigenvalue weighted by Crippen LogP contribution is 2.35. The first-order valence-corrected chi connectivity index (χ1v) is 7.32. The van der Waals surface area contributed by atoms with Crippen molar-refractivity contribution in [2.75, 3.05) is 19.8 Å². The Morgan fingerprint density at radius 2 is 2.05 bits per heavy atom. The van der Waals surface area contributed by atoms with Crippen molar-refractivity contribution in [1.29, 1.82) is 0 Å². The predicted octanol–water partition coefficient (Wildman–Crippen LogP) is 2.27. The molecule has 2 heterocycles. The number of fused-ring (bicyclic) bond motifs is 2. The maximum absolute atomic E-state index is 5.67. The molecule has 21 heavy (non-hydrogen) atoms. The summed E-state index contributed by atoms with van der Waals surface area (Å²) in [5.41, 5.74) is 8.72. The second kappa shape index (κ2) is 5.77. The fraction of sp³-hybridized carbons (Fsp3) is 0.438. The van der Waals surface area contributed by atoms with E-state index in [9.17, 15) is 0 Å². The number of hydrogen-bond acceptors (Lipinski definition) is 4. The zero-order valence-electron chi connectivity index (χ0n) is 12.4. The first-order chi connectivity index (χ1) is 10.2. The summed E-state index contributed by atoms with van der Waals surface area (Å²) in [4.78, 5) is 4.74. The van der Waals surface area contributed by atoms with Crippen molar-refractivity contribution in [2.45, 2.75) is 26.3 Å². The molecule has 112 valence electrons. The Hall–Kier alpha value is -2.01. The Bertz CT molecular complexity index is 676. The molecular formula is C16H21N3O2. The SMILES string of the molecule is C=C(C)Cn1c(CCCN)nc2cc3c(cc21)OCCO3. The maximum atomic E-state index is 5.67. The minimum atomic E-state index is 0.588. The van der Waals surface area contributed by atoms with E-state index in [1.54, 1.807) is 0 Å². The maximum Gasteiger partial charge on any atom is 0.163 e. The van der Waals surface area contributed by atoms with Crippen molar-refractivity contribution in [3.8, 4) is 11.5 Å². The second-order valence-corrected chi connectivity index (χ2v) is 5.45. The minimum absolute atomic E-state index is 0.588. The van der Waals surface area contributed by atoms with E-state index in [-0.39, 0.29) is 0 Å². The number of nitrogens with zero attached hydrogens (tertiary/aromatic N) is 2. The molecule has 0 amide bonds. The molecule has 2 N–H and O–H groups in total. The fourth-order valence-corrected chi connectivity index (χ4v) is 2.61. The van der Waals surface area contributed by atoms with E-state index < -0.39 is 0 Å². The molecule has 1 aromatic heterocycles. The van der Waals surface area contributed by atoms with E-state index in [1.807, 2.05) is 19.1 Å². The Morgan fingerprint density at radius 1 is 1.33 bits per heavy atom. The summed E-state index contributed by atoms with van der Waals surface area (Å²) in [6, 6.07) is 3.98. The molecule has 1 aromatic carbocycles. The summed E-state index contributed by atoms with van der Waals surface area (Å²) < 4.78 is 13.5. The molecule has 0 bridgehead atoms. The lowest BCUT2D eigenvalue weighted by molar-refractivity contribution is 0.172. The van der Waals surface area contributed by atoms with Gasteiger partial charge < -0.3 is 19.8 Å². The number of aryl methyl sites for hydroxylation is 1. The summed E-state index contributed by atoms with van der Waals surface area (Å²) >= 11 is 0. The third kappa shape index (κ3) is 2.74. The van der Waals surface area contributed by atoms with E-state index in [0.29, 0.717) is 19.8 Å². The number of allylic oxidation sites excluding steroid dienone is 1. The van der Waals surface area contributed by atoms with Crippen molar-refractivity contribution in [3.63, 3.8) is 0 Å². The number of ether oxygens (including phenoxy) is 2. The topological polar surface area (TPSA) is 62.3 Å². The van der Waals surface area contributed by atoms with Crippen LogP contribution in [0.15, 0.2) is 24.3 Å². The molecule has 3 rings (SSSR count). The number of hydrogen-bond donors (Lipinski definition) is 1. The van der Waals surface area contributed by atoms with Crippen molar-refractivity contribution >= 4 is 11.0 Å². The van der Waals surface area contributed by atoms with Gasteiger partial charge >= 0.3 is 0 Å².